The molecule has 1 fully saturated rings. The van der Waals surface area contributed by atoms with Crippen LogP contribution in [-0.4, -0.2) is 42.8 Å². The molecule has 0 unspecified atom stereocenters. The maximum Gasteiger partial charge on any atom is 0.252 e. The minimum atomic E-state index is -0.0568. The predicted molar refractivity (Wildman–Crippen MR) is 135 cm³/mol. The summed E-state index contributed by atoms with van der Waals surface area (Å²) in [6, 6.07) is 18.4. The Morgan fingerprint density at radius 3 is 2.80 bits per heavy atom. The average molecular weight is 473 g/mol. The Bertz CT molecular complexity index is 1330. The van der Waals surface area contributed by atoms with E-state index in [-0.39, 0.29) is 17.7 Å². The molecule has 0 aliphatic carbocycles. The third-order valence-electron chi connectivity index (χ3n) is 6.85. The fraction of sp³-hybridized carbons (Fsp3) is 0.407. The molecule has 1 N–H and O–H groups in total. The van der Waals surface area contributed by atoms with Crippen LogP contribution in [0.3, 0.4) is 0 Å². The van der Waals surface area contributed by atoms with Gasteiger partial charge >= 0.3 is 0 Å². The molecule has 1 aliphatic rings. The van der Waals surface area contributed by atoms with Gasteiger partial charge in [-0.15, -0.1) is 5.10 Å². The van der Waals surface area contributed by atoms with Crippen molar-refractivity contribution in [2.24, 2.45) is 0 Å². The standard InChI is InChI=1S/C27H32N6O2/c1-3-24(26-29-30-31-33(26)18-23-13-8-14-35-23)32(16-20-10-5-4-6-11-20)17-22-15-21-12-7-9-19(2)25(21)28-27(22)34/h4-7,9-12,15,23-24H,3,8,13-14,16-18H2,1-2H3,(H,28,34)/t23-,24+/m0/s1. The number of para-hydroxylation sites is 1. The van der Waals surface area contributed by atoms with Gasteiger partial charge < -0.3 is 9.72 Å². The van der Waals surface area contributed by atoms with Gasteiger partial charge in [0.25, 0.3) is 5.56 Å². The van der Waals surface area contributed by atoms with Gasteiger partial charge in [-0.25, -0.2) is 4.68 Å². The van der Waals surface area contributed by atoms with Crippen LogP contribution in [-0.2, 0) is 24.4 Å². The van der Waals surface area contributed by atoms with Gasteiger partial charge in [0.05, 0.1) is 24.2 Å². The fourth-order valence-corrected chi connectivity index (χ4v) is 5.02. The third kappa shape index (κ3) is 5.18. The summed E-state index contributed by atoms with van der Waals surface area (Å²) in [6.45, 7) is 6.76. The van der Waals surface area contributed by atoms with Crippen molar-refractivity contribution in [3.8, 4) is 0 Å². The van der Waals surface area contributed by atoms with Gasteiger partial charge in [0.2, 0.25) is 0 Å². The van der Waals surface area contributed by atoms with Crippen LogP contribution < -0.4 is 5.56 Å². The van der Waals surface area contributed by atoms with E-state index in [0.717, 1.165) is 53.7 Å². The molecule has 3 heterocycles. The van der Waals surface area contributed by atoms with Crippen LogP contribution in [0.15, 0.2) is 59.4 Å². The normalized spacial score (nSPS) is 16.8. The van der Waals surface area contributed by atoms with E-state index in [1.165, 1.54) is 5.56 Å². The Morgan fingerprint density at radius 2 is 2.03 bits per heavy atom. The summed E-state index contributed by atoms with van der Waals surface area (Å²) in [5.74, 6) is 0.812. The highest BCUT2D eigenvalue weighted by molar-refractivity contribution is 5.81. The Kier molecular flexibility index (Phi) is 7.01. The number of pyridine rings is 1. The molecular weight excluding hydrogens is 440 g/mol. The SMILES string of the molecule is CC[C@H](c1nnnn1C[C@@H]1CCCO1)N(Cc1ccccc1)Cc1cc2cccc(C)c2[nH]c1=O. The number of nitrogens with one attached hydrogen (secondary N) is 1. The largest absolute Gasteiger partial charge is 0.376 e. The third-order valence-corrected chi connectivity index (χ3v) is 6.85. The number of benzene rings is 2. The van der Waals surface area contributed by atoms with Crippen molar-refractivity contribution in [3.63, 3.8) is 0 Å². The van der Waals surface area contributed by atoms with Crippen LogP contribution in [0.2, 0.25) is 0 Å². The number of tetrazole rings is 1. The first kappa shape index (κ1) is 23.4. The van der Waals surface area contributed by atoms with Gasteiger partial charge in [-0.2, -0.15) is 0 Å². The van der Waals surface area contributed by atoms with E-state index in [2.05, 4.69) is 44.5 Å². The summed E-state index contributed by atoms with van der Waals surface area (Å²) in [5, 5.41) is 13.8. The van der Waals surface area contributed by atoms with Crippen LogP contribution in [0.5, 0.6) is 0 Å². The minimum Gasteiger partial charge on any atom is -0.376 e. The lowest BCUT2D eigenvalue weighted by Gasteiger charge is -2.30. The first-order valence-corrected chi connectivity index (χ1v) is 12.4. The zero-order valence-corrected chi connectivity index (χ0v) is 20.4. The van der Waals surface area contributed by atoms with Gasteiger partial charge in [-0.3, -0.25) is 9.69 Å². The number of ether oxygens (including phenoxy) is 1. The maximum absolute atomic E-state index is 13.1. The molecule has 8 nitrogen and oxygen atoms in total. The molecule has 2 aromatic carbocycles. The van der Waals surface area contributed by atoms with E-state index in [0.29, 0.717) is 19.6 Å². The first-order chi connectivity index (χ1) is 17.1. The van der Waals surface area contributed by atoms with Crippen molar-refractivity contribution in [1.29, 1.82) is 0 Å². The molecule has 1 aliphatic heterocycles. The highest BCUT2D eigenvalue weighted by Crippen LogP contribution is 2.27. The Labute approximate surface area is 204 Å². The second-order valence-electron chi connectivity index (χ2n) is 9.33. The number of fused-ring (bicyclic) bond motifs is 1. The molecule has 0 saturated carbocycles. The highest BCUT2D eigenvalue weighted by atomic mass is 16.5. The minimum absolute atomic E-state index is 0.0563. The van der Waals surface area contributed by atoms with E-state index in [4.69, 9.17) is 4.74 Å². The molecule has 35 heavy (non-hydrogen) atoms. The molecule has 0 spiro atoms. The number of aryl methyl sites for hydroxylation is 1. The second-order valence-corrected chi connectivity index (χ2v) is 9.33. The molecule has 0 amide bonds. The summed E-state index contributed by atoms with van der Waals surface area (Å²) in [5.41, 5.74) is 3.81. The van der Waals surface area contributed by atoms with Crippen LogP contribution in [0, 0.1) is 6.92 Å². The van der Waals surface area contributed by atoms with Crippen molar-refractivity contribution in [1.82, 2.24) is 30.1 Å². The van der Waals surface area contributed by atoms with E-state index < -0.39 is 0 Å². The lowest BCUT2D eigenvalue weighted by atomic mass is 10.1. The van der Waals surface area contributed by atoms with Crippen LogP contribution >= 0.6 is 0 Å². The quantitative estimate of drug-likeness (QED) is 0.394. The lowest BCUT2D eigenvalue weighted by Crippen LogP contribution is -2.33. The van der Waals surface area contributed by atoms with Crippen LogP contribution in [0.1, 0.15) is 54.7 Å². The van der Waals surface area contributed by atoms with E-state index in [1.807, 2.05) is 54.1 Å². The lowest BCUT2D eigenvalue weighted by molar-refractivity contribution is 0.0888. The van der Waals surface area contributed by atoms with Gasteiger partial charge in [-0.05, 0) is 59.2 Å². The Hall–Kier alpha value is -3.36. The zero-order chi connectivity index (χ0) is 24.2. The smallest absolute Gasteiger partial charge is 0.252 e. The fourth-order valence-electron chi connectivity index (χ4n) is 5.02. The summed E-state index contributed by atoms with van der Waals surface area (Å²) in [4.78, 5) is 18.5. The number of rotatable bonds is 9. The molecule has 2 aromatic heterocycles. The van der Waals surface area contributed by atoms with Crippen molar-refractivity contribution in [2.75, 3.05) is 6.61 Å². The van der Waals surface area contributed by atoms with Crippen LogP contribution in [0.4, 0.5) is 0 Å². The monoisotopic (exact) mass is 472 g/mol. The average Bonchev–Trinajstić information content (AvgIpc) is 3.54. The molecule has 4 aromatic rings. The molecule has 1 saturated heterocycles. The molecular formula is C27H32N6O2. The summed E-state index contributed by atoms with van der Waals surface area (Å²) in [7, 11) is 0. The topological polar surface area (TPSA) is 88.9 Å². The molecule has 182 valence electrons. The van der Waals surface area contributed by atoms with Crippen molar-refractivity contribution >= 4 is 10.9 Å². The summed E-state index contributed by atoms with van der Waals surface area (Å²) in [6.07, 6.45) is 3.05. The number of nitrogens with zero attached hydrogens (tertiary/aromatic N) is 5. The van der Waals surface area contributed by atoms with E-state index >= 15 is 0 Å². The number of aromatic amines is 1. The second kappa shape index (κ2) is 10.5. The summed E-state index contributed by atoms with van der Waals surface area (Å²) < 4.78 is 7.72. The van der Waals surface area contributed by atoms with Gasteiger partial charge in [0.15, 0.2) is 5.82 Å². The summed E-state index contributed by atoms with van der Waals surface area (Å²) >= 11 is 0. The zero-order valence-electron chi connectivity index (χ0n) is 20.4. The number of aromatic nitrogens is 5. The van der Waals surface area contributed by atoms with Crippen molar-refractivity contribution in [2.45, 2.75) is 64.9 Å². The highest BCUT2D eigenvalue weighted by Gasteiger charge is 2.28. The van der Waals surface area contributed by atoms with E-state index in [9.17, 15) is 4.79 Å². The van der Waals surface area contributed by atoms with Gasteiger partial charge in [0, 0.05) is 25.3 Å². The Morgan fingerprint density at radius 1 is 1.17 bits per heavy atom. The van der Waals surface area contributed by atoms with Crippen LogP contribution in [0.25, 0.3) is 10.9 Å². The van der Waals surface area contributed by atoms with E-state index in [1.54, 1.807) is 0 Å². The molecule has 2 atom stereocenters. The Balaban J connectivity index is 1.50. The number of hydrogen-bond donors (Lipinski definition) is 1. The number of hydrogen-bond acceptors (Lipinski definition) is 6. The maximum atomic E-state index is 13.1. The molecule has 5 rings (SSSR count). The molecule has 8 heteroatoms. The first-order valence-electron chi connectivity index (χ1n) is 12.4. The van der Waals surface area contributed by atoms with Crippen molar-refractivity contribution in [3.05, 3.63) is 87.5 Å². The predicted octanol–water partition coefficient (Wildman–Crippen LogP) is 4.16. The van der Waals surface area contributed by atoms with Crippen molar-refractivity contribution < 1.29 is 4.74 Å². The molecule has 0 bridgehead atoms. The molecule has 0 radical (unpaired) electrons. The van der Waals surface area contributed by atoms with Gasteiger partial charge in [-0.1, -0.05) is 55.5 Å². The number of H-pyrrole nitrogens is 1. The van der Waals surface area contributed by atoms with Gasteiger partial charge in [0.1, 0.15) is 0 Å².